The fourth-order valence-electron chi connectivity index (χ4n) is 4.73. The minimum absolute atomic E-state index is 0.222. The number of hydrogen-bond acceptors (Lipinski definition) is 7. The molecular weight excluding hydrogens is 570 g/mol. The summed E-state index contributed by atoms with van der Waals surface area (Å²) in [7, 11) is 0. The van der Waals surface area contributed by atoms with E-state index in [-0.39, 0.29) is 5.91 Å². The molecule has 0 aliphatic carbocycles. The second-order valence-corrected chi connectivity index (χ2v) is 11.5. The van der Waals surface area contributed by atoms with Crippen molar-refractivity contribution in [1.29, 1.82) is 0 Å². The second-order valence-electron chi connectivity index (χ2n) is 9.96. The van der Waals surface area contributed by atoms with Crippen LogP contribution >= 0.6 is 23.4 Å². The van der Waals surface area contributed by atoms with Crippen LogP contribution in [0.1, 0.15) is 49.9 Å². The van der Waals surface area contributed by atoms with Crippen molar-refractivity contribution in [3.63, 3.8) is 0 Å². The van der Waals surface area contributed by atoms with Crippen molar-refractivity contribution in [3.8, 4) is 11.5 Å². The summed E-state index contributed by atoms with van der Waals surface area (Å²) in [6.07, 6.45) is 1.00. The van der Waals surface area contributed by atoms with Gasteiger partial charge in [0.15, 0.2) is 11.5 Å². The summed E-state index contributed by atoms with van der Waals surface area (Å²) >= 11 is 7.63. The van der Waals surface area contributed by atoms with E-state index < -0.39 is 6.04 Å². The molecule has 42 heavy (non-hydrogen) atoms. The van der Waals surface area contributed by atoms with E-state index in [1.165, 1.54) is 0 Å². The quantitative estimate of drug-likeness (QED) is 0.170. The van der Waals surface area contributed by atoms with Gasteiger partial charge in [-0.25, -0.2) is 4.68 Å². The molecule has 3 aromatic carbocycles. The second kappa shape index (κ2) is 13.4. The molecule has 1 aliphatic heterocycles. The van der Waals surface area contributed by atoms with Crippen molar-refractivity contribution >= 4 is 40.9 Å². The zero-order valence-electron chi connectivity index (χ0n) is 24.1. The minimum Gasteiger partial charge on any atom is -0.490 e. The fourth-order valence-corrected chi connectivity index (χ4v) is 5.54. The Labute approximate surface area is 255 Å². The largest absolute Gasteiger partial charge is 0.490 e. The van der Waals surface area contributed by atoms with Gasteiger partial charge in [-0.05, 0) is 80.3 Å². The first-order valence-electron chi connectivity index (χ1n) is 14.0. The van der Waals surface area contributed by atoms with Crippen LogP contribution in [-0.2, 0) is 11.4 Å². The zero-order chi connectivity index (χ0) is 29.6. The lowest BCUT2D eigenvalue weighted by atomic mass is 9.94. The summed E-state index contributed by atoms with van der Waals surface area (Å²) in [6, 6.07) is 20.5. The minimum atomic E-state index is -0.543. The van der Waals surface area contributed by atoms with Gasteiger partial charge in [0.1, 0.15) is 12.6 Å². The van der Waals surface area contributed by atoms with Crippen LogP contribution in [0.3, 0.4) is 0 Å². The van der Waals surface area contributed by atoms with Gasteiger partial charge in [-0.3, -0.25) is 4.79 Å². The molecule has 1 amide bonds. The maximum Gasteiger partial charge on any atom is 0.255 e. The number of allylic oxidation sites excluding steroid dienone is 1. The molecule has 10 heteroatoms. The van der Waals surface area contributed by atoms with Gasteiger partial charge in [-0.15, -0.1) is 5.10 Å². The van der Waals surface area contributed by atoms with Gasteiger partial charge in [0.2, 0.25) is 11.1 Å². The molecule has 0 spiro atoms. The first-order valence-corrected chi connectivity index (χ1v) is 15.3. The number of nitrogens with zero attached hydrogens (tertiary/aromatic N) is 3. The number of amides is 1. The molecule has 1 unspecified atom stereocenters. The highest BCUT2D eigenvalue weighted by atomic mass is 35.5. The molecule has 8 nitrogen and oxygen atoms in total. The van der Waals surface area contributed by atoms with Gasteiger partial charge in [-0.1, -0.05) is 60.6 Å². The lowest BCUT2D eigenvalue weighted by molar-refractivity contribution is -0.113. The van der Waals surface area contributed by atoms with Crippen molar-refractivity contribution in [2.24, 2.45) is 0 Å². The number of thioether (sulfide) groups is 1. The summed E-state index contributed by atoms with van der Waals surface area (Å²) < 4.78 is 14.0. The summed E-state index contributed by atoms with van der Waals surface area (Å²) in [6.45, 7) is 8.75. The van der Waals surface area contributed by atoms with Crippen molar-refractivity contribution in [2.45, 2.75) is 51.9 Å². The van der Waals surface area contributed by atoms with Crippen LogP contribution in [0.2, 0.25) is 5.02 Å². The van der Waals surface area contributed by atoms with Crippen LogP contribution in [0, 0.1) is 6.92 Å². The van der Waals surface area contributed by atoms with Crippen molar-refractivity contribution < 1.29 is 14.3 Å². The smallest absolute Gasteiger partial charge is 0.255 e. The first-order chi connectivity index (χ1) is 20.4. The van der Waals surface area contributed by atoms with Gasteiger partial charge in [0, 0.05) is 22.2 Å². The fraction of sp³-hybridized carbons (Fsp3) is 0.281. The Morgan fingerprint density at radius 2 is 1.86 bits per heavy atom. The highest BCUT2D eigenvalue weighted by Gasteiger charge is 2.35. The molecule has 0 saturated carbocycles. The number of aryl methyl sites for hydroxylation is 1. The average molecular weight is 604 g/mol. The van der Waals surface area contributed by atoms with Crippen LogP contribution in [-0.4, -0.2) is 33.0 Å². The van der Waals surface area contributed by atoms with E-state index in [2.05, 4.69) is 17.6 Å². The Bertz CT molecular complexity index is 1600. The van der Waals surface area contributed by atoms with Crippen molar-refractivity contribution in [2.75, 3.05) is 23.0 Å². The number of rotatable bonds is 11. The Morgan fingerprint density at radius 3 is 2.60 bits per heavy atom. The molecule has 218 valence electrons. The number of anilines is 2. The predicted molar refractivity (Wildman–Crippen MR) is 169 cm³/mol. The molecular formula is C32H34ClN5O3S. The van der Waals surface area contributed by atoms with E-state index in [0.29, 0.717) is 52.1 Å². The SMILES string of the molecule is CCCSc1nc2n(n1)C(c1ccc(OCc3ccc(Cl)cc3)c(OCC)c1)C(C(=O)Nc1cccc(C)c1)=C(C)N2. The normalized spacial score (nSPS) is 14.3. The number of ether oxygens (including phenoxy) is 2. The number of hydrogen-bond donors (Lipinski definition) is 2. The molecule has 0 saturated heterocycles. The number of benzene rings is 3. The number of carbonyl (C=O) groups is 1. The number of fused-ring (bicyclic) bond motifs is 1. The highest BCUT2D eigenvalue weighted by molar-refractivity contribution is 7.99. The molecule has 4 aromatic rings. The monoisotopic (exact) mass is 603 g/mol. The Kier molecular flexibility index (Phi) is 9.39. The number of carbonyl (C=O) groups excluding carboxylic acids is 1. The van der Waals surface area contributed by atoms with Crippen LogP contribution in [0.15, 0.2) is 83.2 Å². The van der Waals surface area contributed by atoms with Gasteiger partial charge in [-0.2, -0.15) is 4.98 Å². The van der Waals surface area contributed by atoms with E-state index >= 15 is 0 Å². The summed E-state index contributed by atoms with van der Waals surface area (Å²) in [4.78, 5) is 18.6. The zero-order valence-corrected chi connectivity index (χ0v) is 25.7. The summed E-state index contributed by atoms with van der Waals surface area (Å²) in [5.41, 5.74) is 4.84. The number of halogens is 1. The molecule has 0 bridgehead atoms. The lowest BCUT2D eigenvalue weighted by Crippen LogP contribution is -2.31. The highest BCUT2D eigenvalue weighted by Crippen LogP contribution is 2.40. The topological polar surface area (TPSA) is 90.3 Å². The summed E-state index contributed by atoms with van der Waals surface area (Å²) in [5, 5.41) is 12.5. The summed E-state index contributed by atoms with van der Waals surface area (Å²) in [5.74, 6) is 2.45. The van der Waals surface area contributed by atoms with E-state index in [4.69, 9.17) is 31.2 Å². The molecule has 0 fully saturated rings. The van der Waals surface area contributed by atoms with Crippen LogP contribution in [0.25, 0.3) is 0 Å². The molecule has 1 aliphatic rings. The molecule has 1 atom stereocenters. The third-order valence-electron chi connectivity index (χ3n) is 6.68. The maximum absolute atomic E-state index is 13.9. The van der Waals surface area contributed by atoms with Gasteiger partial charge in [0.05, 0.1) is 12.2 Å². The maximum atomic E-state index is 13.9. The molecule has 5 rings (SSSR count). The molecule has 2 heterocycles. The Hall–Kier alpha value is -3.95. The van der Waals surface area contributed by atoms with Gasteiger partial charge >= 0.3 is 0 Å². The van der Waals surface area contributed by atoms with E-state index in [9.17, 15) is 4.79 Å². The van der Waals surface area contributed by atoms with E-state index in [1.54, 1.807) is 16.4 Å². The van der Waals surface area contributed by atoms with Crippen molar-refractivity contribution in [1.82, 2.24) is 14.8 Å². The van der Waals surface area contributed by atoms with E-state index in [1.807, 2.05) is 87.5 Å². The van der Waals surface area contributed by atoms with E-state index in [0.717, 1.165) is 34.6 Å². The number of nitrogens with one attached hydrogen (secondary N) is 2. The Morgan fingerprint density at radius 1 is 1.05 bits per heavy atom. The lowest BCUT2D eigenvalue weighted by Gasteiger charge is -2.29. The Balaban J connectivity index is 1.52. The average Bonchev–Trinajstić information content (AvgIpc) is 3.38. The van der Waals surface area contributed by atoms with Gasteiger partial charge < -0.3 is 20.1 Å². The molecule has 2 N–H and O–H groups in total. The third kappa shape index (κ3) is 6.74. The molecule has 0 radical (unpaired) electrons. The van der Waals surface area contributed by atoms with Crippen LogP contribution in [0.5, 0.6) is 11.5 Å². The standard InChI is InChI=1S/C32H34ClN5O3S/c1-5-16-42-32-36-31-34-21(4)28(30(39)35-25-9-7-8-20(3)17-25)29(38(31)37-32)23-12-15-26(27(18-23)40-6-2)41-19-22-10-13-24(33)14-11-22/h7-15,17-18,29H,5-6,16,19H2,1-4H3,(H,35,39)(H,34,36,37). The number of aromatic nitrogens is 3. The van der Waals surface area contributed by atoms with Gasteiger partial charge in [0.25, 0.3) is 5.91 Å². The van der Waals surface area contributed by atoms with Crippen LogP contribution < -0.4 is 20.1 Å². The first kappa shape index (κ1) is 29.5. The van der Waals surface area contributed by atoms with Crippen molar-refractivity contribution in [3.05, 3.63) is 99.7 Å². The predicted octanol–water partition coefficient (Wildman–Crippen LogP) is 7.65. The third-order valence-corrected chi connectivity index (χ3v) is 7.98. The van der Waals surface area contributed by atoms with Crippen LogP contribution in [0.4, 0.5) is 11.6 Å². The molecule has 1 aromatic heterocycles.